The minimum absolute atomic E-state index is 0.0584. The zero-order valence-electron chi connectivity index (χ0n) is 20.8. The van der Waals surface area contributed by atoms with Crippen LogP contribution >= 0.6 is 0 Å². The fourth-order valence-electron chi connectivity index (χ4n) is 4.59. The molecular formula is C28H31N5O2S. The summed E-state index contributed by atoms with van der Waals surface area (Å²) < 4.78 is 27.8. The lowest BCUT2D eigenvalue weighted by Crippen LogP contribution is -2.49. The number of hydrogen-bond acceptors (Lipinski definition) is 6. The van der Waals surface area contributed by atoms with E-state index in [4.69, 9.17) is 9.97 Å². The summed E-state index contributed by atoms with van der Waals surface area (Å²) in [5.74, 6) is 1.49. The molecule has 4 aromatic rings. The molecule has 7 nitrogen and oxygen atoms in total. The molecule has 0 saturated carbocycles. The van der Waals surface area contributed by atoms with Crippen LogP contribution in [0.3, 0.4) is 0 Å². The van der Waals surface area contributed by atoms with E-state index < -0.39 is 10.0 Å². The number of fused-ring (bicyclic) bond motifs is 1. The van der Waals surface area contributed by atoms with E-state index in [1.807, 2.05) is 55.5 Å². The lowest BCUT2D eigenvalue weighted by atomic mass is 10.1. The maximum Gasteiger partial charge on any atom is 0.243 e. The third-order valence-electron chi connectivity index (χ3n) is 6.75. The van der Waals surface area contributed by atoms with E-state index in [2.05, 4.69) is 36.2 Å². The number of rotatable bonds is 6. The van der Waals surface area contributed by atoms with E-state index in [0.29, 0.717) is 31.1 Å². The Labute approximate surface area is 212 Å². The predicted octanol–water partition coefficient (Wildman–Crippen LogP) is 5.06. The van der Waals surface area contributed by atoms with Crippen molar-refractivity contribution < 1.29 is 8.42 Å². The van der Waals surface area contributed by atoms with Crippen LogP contribution in [0.15, 0.2) is 77.7 Å². The first kappa shape index (κ1) is 24.4. The van der Waals surface area contributed by atoms with Gasteiger partial charge in [0.25, 0.3) is 0 Å². The Balaban J connectivity index is 1.36. The van der Waals surface area contributed by atoms with Gasteiger partial charge in [-0.1, -0.05) is 42.0 Å². The molecule has 1 fully saturated rings. The van der Waals surface area contributed by atoms with Crippen molar-refractivity contribution in [2.45, 2.75) is 31.7 Å². The van der Waals surface area contributed by atoms with Crippen molar-refractivity contribution in [2.75, 3.05) is 31.5 Å². The summed E-state index contributed by atoms with van der Waals surface area (Å²) in [6.07, 6.45) is 0. The van der Waals surface area contributed by atoms with Crippen LogP contribution in [0.4, 0.5) is 11.5 Å². The van der Waals surface area contributed by atoms with Crippen LogP contribution in [0.2, 0.25) is 0 Å². The number of para-hydroxylation sites is 1. The number of anilines is 2. The molecule has 1 N–H and O–H groups in total. The Morgan fingerprint density at radius 1 is 0.833 bits per heavy atom. The fourth-order valence-corrected chi connectivity index (χ4v) is 6.01. The predicted molar refractivity (Wildman–Crippen MR) is 144 cm³/mol. The topological polar surface area (TPSA) is 78.4 Å². The monoisotopic (exact) mass is 501 g/mol. The first-order valence-corrected chi connectivity index (χ1v) is 13.7. The molecule has 186 valence electrons. The van der Waals surface area contributed by atoms with Gasteiger partial charge in [0.05, 0.1) is 16.5 Å². The van der Waals surface area contributed by atoms with Gasteiger partial charge in [0.1, 0.15) is 11.6 Å². The first-order chi connectivity index (χ1) is 17.3. The highest BCUT2D eigenvalue weighted by atomic mass is 32.2. The molecule has 1 aliphatic heterocycles. The summed E-state index contributed by atoms with van der Waals surface area (Å²) in [5, 5.41) is 4.44. The molecule has 1 aromatic heterocycles. The molecule has 8 heteroatoms. The summed E-state index contributed by atoms with van der Waals surface area (Å²) >= 11 is 0. The highest BCUT2D eigenvalue weighted by Gasteiger charge is 2.31. The Bertz CT molecular complexity index is 1480. The van der Waals surface area contributed by atoms with Crippen LogP contribution < -0.4 is 5.32 Å². The molecule has 5 rings (SSSR count). The van der Waals surface area contributed by atoms with Gasteiger partial charge in [0.2, 0.25) is 10.0 Å². The minimum Gasteiger partial charge on any atom is -0.340 e. The number of piperazine rings is 1. The fraction of sp³-hybridized carbons (Fsp3) is 0.286. The molecular weight excluding hydrogens is 470 g/mol. The molecule has 3 aromatic carbocycles. The Morgan fingerprint density at radius 2 is 1.56 bits per heavy atom. The van der Waals surface area contributed by atoms with E-state index in [1.54, 1.807) is 16.4 Å². The van der Waals surface area contributed by atoms with E-state index in [0.717, 1.165) is 33.8 Å². The van der Waals surface area contributed by atoms with Gasteiger partial charge in [-0.25, -0.2) is 18.4 Å². The Hall–Kier alpha value is -3.33. The summed E-state index contributed by atoms with van der Waals surface area (Å²) in [6.45, 7) is 8.20. The maximum atomic E-state index is 13.1. The van der Waals surface area contributed by atoms with E-state index in [9.17, 15) is 8.42 Å². The van der Waals surface area contributed by atoms with Gasteiger partial charge < -0.3 is 5.32 Å². The molecule has 0 radical (unpaired) electrons. The van der Waals surface area contributed by atoms with Gasteiger partial charge in [-0.3, -0.25) is 4.90 Å². The molecule has 1 saturated heterocycles. The zero-order valence-corrected chi connectivity index (χ0v) is 21.7. The third kappa shape index (κ3) is 4.97. The highest BCUT2D eigenvalue weighted by Crippen LogP contribution is 2.28. The van der Waals surface area contributed by atoms with E-state index >= 15 is 0 Å². The smallest absolute Gasteiger partial charge is 0.243 e. The van der Waals surface area contributed by atoms with Crippen molar-refractivity contribution >= 4 is 32.4 Å². The standard InChI is InChI=1S/C28H31N5O2S/c1-20-11-13-24(14-12-20)36(34,35)33-17-15-32(16-18-33)22(3)27-30-26-10-5-4-9-25(26)28(31-27)29-23-8-6-7-21(2)19-23/h4-14,19,22H,15-18H2,1-3H3,(H,29,30,31)/t22-/m1/s1. The van der Waals surface area contributed by atoms with Gasteiger partial charge in [0.15, 0.2) is 0 Å². The molecule has 1 atom stereocenters. The van der Waals surface area contributed by atoms with E-state index in [1.165, 1.54) is 5.56 Å². The van der Waals surface area contributed by atoms with Crippen LogP contribution in [0.5, 0.6) is 0 Å². The van der Waals surface area contributed by atoms with Crippen LogP contribution in [-0.4, -0.2) is 53.8 Å². The molecule has 0 spiro atoms. The number of sulfonamides is 1. The zero-order chi connectivity index (χ0) is 25.3. The van der Waals surface area contributed by atoms with Crippen LogP contribution in [0.25, 0.3) is 10.9 Å². The van der Waals surface area contributed by atoms with E-state index in [-0.39, 0.29) is 6.04 Å². The number of hydrogen-bond donors (Lipinski definition) is 1. The quantitative estimate of drug-likeness (QED) is 0.398. The largest absolute Gasteiger partial charge is 0.340 e. The Morgan fingerprint density at radius 3 is 2.28 bits per heavy atom. The minimum atomic E-state index is -3.50. The molecule has 36 heavy (non-hydrogen) atoms. The molecule has 0 amide bonds. The van der Waals surface area contributed by atoms with Crippen molar-refractivity contribution in [3.63, 3.8) is 0 Å². The molecule has 1 aliphatic rings. The van der Waals surface area contributed by atoms with Crippen molar-refractivity contribution in [2.24, 2.45) is 0 Å². The van der Waals surface area contributed by atoms with Crippen LogP contribution in [0.1, 0.15) is 29.9 Å². The molecule has 2 heterocycles. The number of nitrogens with zero attached hydrogens (tertiary/aromatic N) is 4. The highest BCUT2D eigenvalue weighted by molar-refractivity contribution is 7.89. The average molecular weight is 502 g/mol. The average Bonchev–Trinajstić information content (AvgIpc) is 2.88. The first-order valence-electron chi connectivity index (χ1n) is 12.2. The van der Waals surface area contributed by atoms with Gasteiger partial charge in [0, 0.05) is 37.3 Å². The number of aromatic nitrogens is 2. The Kier molecular flexibility index (Phi) is 6.75. The lowest BCUT2D eigenvalue weighted by molar-refractivity contribution is 0.141. The molecule has 0 aliphatic carbocycles. The summed E-state index contributed by atoms with van der Waals surface area (Å²) in [4.78, 5) is 12.4. The van der Waals surface area contributed by atoms with Gasteiger partial charge in [-0.2, -0.15) is 4.31 Å². The lowest BCUT2D eigenvalue weighted by Gasteiger charge is -2.36. The number of benzene rings is 3. The second kappa shape index (κ2) is 9.97. The second-order valence-corrected chi connectivity index (χ2v) is 11.3. The normalized spacial score (nSPS) is 16.2. The van der Waals surface area contributed by atoms with Gasteiger partial charge in [-0.15, -0.1) is 0 Å². The van der Waals surface area contributed by atoms with Crippen molar-refractivity contribution in [1.29, 1.82) is 0 Å². The van der Waals surface area contributed by atoms with Crippen molar-refractivity contribution in [1.82, 2.24) is 19.2 Å². The summed E-state index contributed by atoms with van der Waals surface area (Å²) in [6, 6.07) is 23.2. The second-order valence-electron chi connectivity index (χ2n) is 9.37. The van der Waals surface area contributed by atoms with Crippen molar-refractivity contribution in [3.8, 4) is 0 Å². The maximum absolute atomic E-state index is 13.1. The number of nitrogens with one attached hydrogen (secondary N) is 1. The van der Waals surface area contributed by atoms with Crippen LogP contribution in [-0.2, 0) is 10.0 Å². The number of aryl methyl sites for hydroxylation is 2. The van der Waals surface area contributed by atoms with Crippen molar-refractivity contribution in [3.05, 3.63) is 89.7 Å². The summed E-state index contributed by atoms with van der Waals surface area (Å²) in [5.41, 5.74) is 4.07. The van der Waals surface area contributed by atoms with Gasteiger partial charge in [-0.05, 0) is 62.7 Å². The molecule has 0 bridgehead atoms. The van der Waals surface area contributed by atoms with Crippen LogP contribution in [0, 0.1) is 13.8 Å². The van der Waals surface area contributed by atoms with Gasteiger partial charge >= 0.3 is 0 Å². The third-order valence-corrected chi connectivity index (χ3v) is 8.67. The summed E-state index contributed by atoms with van der Waals surface area (Å²) in [7, 11) is -3.50. The SMILES string of the molecule is Cc1ccc(S(=O)(=O)N2CCN([C@H](C)c3nc(Nc4cccc(C)c4)c4ccccc4n3)CC2)cc1. The molecule has 0 unspecified atom stereocenters.